The number of hydrogen-bond acceptors (Lipinski definition) is 3. The van der Waals surface area contributed by atoms with Crippen LogP contribution in [0.1, 0.15) is 28.8 Å². The van der Waals surface area contributed by atoms with Crippen molar-refractivity contribution in [3.8, 4) is 0 Å². The van der Waals surface area contributed by atoms with E-state index < -0.39 is 0 Å². The summed E-state index contributed by atoms with van der Waals surface area (Å²) in [6, 6.07) is 7.10. The van der Waals surface area contributed by atoms with E-state index in [-0.39, 0.29) is 30.4 Å². The van der Waals surface area contributed by atoms with Gasteiger partial charge in [-0.05, 0) is 24.5 Å². The molecule has 3 rings (SSSR count). The molecule has 2 amide bonds. The summed E-state index contributed by atoms with van der Waals surface area (Å²) in [5.74, 6) is -0.362. The van der Waals surface area contributed by atoms with Gasteiger partial charge in [-0.2, -0.15) is 0 Å². The van der Waals surface area contributed by atoms with E-state index in [1.807, 2.05) is 12.1 Å². The van der Waals surface area contributed by atoms with E-state index in [0.29, 0.717) is 18.4 Å². The van der Waals surface area contributed by atoms with Gasteiger partial charge in [0.1, 0.15) is 0 Å². The van der Waals surface area contributed by atoms with Gasteiger partial charge in [0, 0.05) is 11.6 Å². The number of hydrogen-bond donors (Lipinski definition) is 1. The van der Waals surface area contributed by atoms with E-state index in [1.165, 1.54) is 4.90 Å². The molecular formula is C13H13NO3. The van der Waals surface area contributed by atoms with E-state index in [0.717, 1.165) is 5.56 Å². The van der Waals surface area contributed by atoms with Gasteiger partial charge in [0.05, 0.1) is 12.5 Å². The Morgan fingerprint density at radius 2 is 1.88 bits per heavy atom. The molecule has 1 aliphatic carbocycles. The quantitative estimate of drug-likeness (QED) is 0.725. The molecule has 1 fully saturated rings. The van der Waals surface area contributed by atoms with Crippen molar-refractivity contribution in [3.05, 3.63) is 35.4 Å². The average Bonchev–Trinajstić information content (AvgIpc) is 2.26. The van der Waals surface area contributed by atoms with Crippen LogP contribution in [0.25, 0.3) is 0 Å². The topological polar surface area (TPSA) is 57.6 Å². The van der Waals surface area contributed by atoms with Gasteiger partial charge in [0.2, 0.25) is 5.91 Å². The molecule has 4 nitrogen and oxygen atoms in total. The molecule has 0 unspecified atom stereocenters. The van der Waals surface area contributed by atoms with Crippen molar-refractivity contribution in [1.82, 2.24) is 4.90 Å². The maximum absolute atomic E-state index is 12.2. The van der Waals surface area contributed by atoms with Crippen LogP contribution < -0.4 is 0 Å². The van der Waals surface area contributed by atoms with E-state index in [1.54, 1.807) is 12.1 Å². The molecule has 1 heterocycles. The SMILES string of the molecule is O=C1Cc2ccccc2C(=O)N1C1CC(O)C1. The van der Waals surface area contributed by atoms with Crippen LogP contribution in [-0.2, 0) is 11.2 Å². The van der Waals surface area contributed by atoms with E-state index in [4.69, 9.17) is 0 Å². The third kappa shape index (κ3) is 1.56. The number of carbonyl (C=O) groups excluding carboxylic acids is 2. The van der Waals surface area contributed by atoms with Gasteiger partial charge >= 0.3 is 0 Å². The fraction of sp³-hybridized carbons (Fsp3) is 0.385. The van der Waals surface area contributed by atoms with Crippen molar-refractivity contribution in [3.63, 3.8) is 0 Å². The summed E-state index contributed by atoms with van der Waals surface area (Å²) in [6.45, 7) is 0. The Kier molecular flexibility index (Phi) is 2.26. The van der Waals surface area contributed by atoms with E-state index >= 15 is 0 Å². The fourth-order valence-corrected chi connectivity index (χ4v) is 2.51. The molecule has 2 aliphatic rings. The molecule has 4 heteroatoms. The van der Waals surface area contributed by atoms with Crippen molar-refractivity contribution in [2.45, 2.75) is 31.4 Å². The van der Waals surface area contributed by atoms with Crippen LogP contribution in [0.15, 0.2) is 24.3 Å². The zero-order valence-electron chi connectivity index (χ0n) is 9.30. The average molecular weight is 231 g/mol. The number of imide groups is 1. The van der Waals surface area contributed by atoms with Crippen molar-refractivity contribution < 1.29 is 14.7 Å². The maximum Gasteiger partial charge on any atom is 0.261 e. The molecule has 0 atom stereocenters. The highest BCUT2D eigenvalue weighted by Gasteiger charge is 2.41. The van der Waals surface area contributed by atoms with Gasteiger partial charge in [0.15, 0.2) is 0 Å². The molecule has 0 bridgehead atoms. The van der Waals surface area contributed by atoms with Gasteiger partial charge in [0.25, 0.3) is 5.91 Å². The minimum atomic E-state index is -0.363. The molecule has 17 heavy (non-hydrogen) atoms. The second kappa shape index (κ2) is 3.67. The number of aliphatic hydroxyl groups is 1. The van der Waals surface area contributed by atoms with Crippen molar-refractivity contribution >= 4 is 11.8 Å². The highest BCUT2D eigenvalue weighted by molar-refractivity contribution is 6.10. The lowest BCUT2D eigenvalue weighted by molar-refractivity contribution is -0.133. The largest absolute Gasteiger partial charge is 0.393 e. The summed E-state index contributed by atoms with van der Waals surface area (Å²) in [5, 5.41) is 9.27. The predicted molar refractivity (Wildman–Crippen MR) is 60.4 cm³/mol. The normalized spacial score (nSPS) is 27.7. The minimum Gasteiger partial charge on any atom is -0.393 e. The second-order valence-electron chi connectivity index (χ2n) is 4.68. The molecule has 0 aromatic heterocycles. The Hall–Kier alpha value is -1.68. The smallest absolute Gasteiger partial charge is 0.261 e. The first-order chi connectivity index (χ1) is 8.16. The third-order valence-electron chi connectivity index (χ3n) is 3.53. The van der Waals surface area contributed by atoms with Gasteiger partial charge in [-0.15, -0.1) is 0 Å². The number of carbonyl (C=O) groups is 2. The summed E-state index contributed by atoms with van der Waals surface area (Å²) in [4.78, 5) is 25.5. The number of amides is 2. The number of rotatable bonds is 1. The molecule has 1 aliphatic heterocycles. The van der Waals surface area contributed by atoms with Crippen LogP contribution in [0.5, 0.6) is 0 Å². The number of benzene rings is 1. The summed E-state index contributed by atoms with van der Waals surface area (Å²) in [6.07, 6.45) is 0.950. The van der Waals surface area contributed by atoms with Crippen LogP contribution in [0, 0.1) is 0 Å². The van der Waals surface area contributed by atoms with Crippen LogP contribution in [0.3, 0.4) is 0 Å². The molecule has 88 valence electrons. The summed E-state index contributed by atoms with van der Waals surface area (Å²) >= 11 is 0. The zero-order chi connectivity index (χ0) is 12.0. The van der Waals surface area contributed by atoms with Crippen LogP contribution in [-0.4, -0.2) is 34.0 Å². The molecule has 1 N–H and O–H groups in total. The highest BCUT2D eigenvalue weighted by atomic mass is 16.3. The summed E-state index contributed by atoms with van der Waals surface area (Å²) in [7, 11) is 0. The Labute approximate surface area is 98.9 Å². The van der Waals surface area contributed by atoms with E-state index in [9.17, 15) is 14.7 Å². The number of nitrogens with zero attached hydrogens (tertiary/aromatic N) is 1. The van der Waals surface area contributed by atoms with Crippen molar-refractivity contribution in [2.75, 3.05) is 0 Å². The van der Waals surface area contributed by atoms with Crippen LogP contribution in [0.4, 0.5) is 0 Å². The second-order valence-corrected chi connectivity index (χ2v) is 4.68. The van der Waals surface area contributed by atoms with E-state index in [2.05, 4.69) is 0 Å². The zero-order valence-corrected chi connectivity index (χ0v) is 9.30. The van der Waals surface area contributed by atoms with Crippen molar-refractivity contribution in [1.29, 1.82) is 0 Å². The molecule has 1 aromatic rings. The third-order valence-corrected chi connectivity index (χ3v) is 3.53. The lowest BCUT2D eigenvalue weighted by atomic mass is 9.85. The van der Waals surface area contributed by atoms with Gasteiger partial charge < -0.3 is 5.11 Å². The molecule has 0 saturated heterocycles. The Balaban J connectivity index is 1.93. The molecule has 1 saturated carbocycles. The predicted octanol–water partition coefficient (Wildman–Crippen LogP) is 0.735. The monoisotopic (exact) mass is 231 g/mol. The number of fused-ring (bicyclic) bond motifs is 1. The standard InChI is InChI=1S/C13H13NO3/c15-10-6-9(7-10)14-12(16)5-8-3-1-2-4-11(8)13(14)17/h1-4,9-10,15H,5-7H2. The molecule has 0 spiro atoms. The first-order valence-electron chi connectivity index (χ1n) is 5.79. The lowest BCUT2D eigenvalue weighted by Gasteiger charge is -2.41. The van der Waals surface area contributed by atoms with Gasteiger partial charge in [-0.1, -0.05) is 18.2 Å². The van der Waals surface area contributed by atoms with Gasteiger partial charge in [-0.3, -0.25) is 14.5 Å². The molecule has 0 radical (unpaired) electrons. The lowest BCUT2D eigenvalue weighted by Crippen LogP contribution is -2.54. The van der Waals surface area contributed by atoms with Crippen LogP contribution >= 0.6 is 0 Å². The Bertz CT molecular complexity index is 491. The minimum absolute atomic E-state index is 0.113. The molecule has 1 aromatic carbocycles. The first kappa shape index (κ1) is 10.5. The van der Waals surface area contributed by atoms with Crippen molar-refractivity contribution in [2.24, 2.45) is 0 Å². The maximum atomic E-state index is 12.2. The first-order valence-corrected chi connectivity index (χ1v) is 5.79. The number of aliphatic hydroxyl groups excluding tert-OH is 1. The highest BCUT2D eigenvalue weighted by Crippen LogP contribution is 2.30. The van der Waals surface area contributed by atoms with Crippen LogP contribution in [0.2, 0.25) is 0 Å². The Morgan fingerprint density at radius 3 is 2.59 bits per heavy atom. The summed E-state index contributed by atoms with van der Waals surface area (Å²) in [5.41, 5.74) is 1.42. The van der Waals surface area contributed by atoms with Gasteiger partial charge in [-0.25, -0.2) is 0 Å². The summed E-state index contributed by atoms with van der Waals surface area (Å²) < 4.78 is 0. The molecular weight excluding hydrogens is 218 g/mol. The Morgan fingerprint density at radius 1 is 1.18 bits per heavy atom. The fourth-order valence-electron chi connectivity index (χ4n) is 2.51.